The van der Waals surface area contributed by atoms with Gasteiger partial charge in [0.15, 0.2) is 0 Å². The minimum Gasteiger partial charge on any atom is -0.495 e. The summed E-state index contributed by atoms with van der Waals surface area (Å²) in [5, 5.41) is 13.1. The Labute approximate surface area is 193 Å². The van der Waals surface area contributed by atoms with Crippen LogP contribution in [0.3, 0.4) is 0 Å². The maximum atomic E-state index is 11.0. The smallest absolute Gasteiger partial charge is 0.204 e. The number of ether oxygens (including phenoxy) is 1. The number of aryl methyl sites for hydroxylation is 1. The van der Waals surface area contributed by atoms with Gasteiger partial charge in [-0.05, 0) is 62.0 Å². The third-order valence-electron chi connectivity index (χ3n) is 6.64. The van der Waals surface area contributed by atoms with Crippen molar-refractivity contribution < 1.29 is 9.84 Å². The Balaban J connectivity index is 1.28. The average molecular weight is 450 g/mol. The first kappa shape index (κ1) is 21.1. The third kappa shape index (κ3) is 4.15. The van der Waals surface area contributed by atoms with Crippen LogP contribution in [0.25, 0.3) is 21.8 Å². The number of piperidine rings is 1. The molecule has 6 heteroatoms. The molecule has 1 aliphatic rings. The number of hydrogen-bond donors (Lipinski definition) is 1. The summed E-state index contributed by atoms with van der Waals surface area (Å²) in [6.07, 6.45) is 5.36. The van der Waals surface area contributed by atoms with Gasteiger partial charge in [-0.25, -0.2) is 4.98 Å². The lowest BCUT2D eigenvalue weighted by Crippen LogP contribution is -2.33. The lowest BCUT2D eigenvalue weighted by Gasteiger charge is -2.32. The number of benzene rings is 2. The number of halogens is 1. The second-order valence-electron chi connectivity index (χ2n) is 8.71. The fraction of sp³-hybridized carbons (Fsp3) is 0.346. The van der Waals surface area contributed by atoms with E-state index >= 15 is 0 Å². The van der Waals surface area contributed by atoms with Crippen molar-refractivity contribution in [3.63, 3.8) is 0 Å². The quantitative estimate of drug-likeness (QED) is 0.400. The zero-order chi connectivity index (χ0) is 22.1. The number of likely N-dealkylation sites (tertiary alicyclic amines) is 1. The van der Waals surface area contributed by atoms with Gasteiger partial charge in [0.05, 0.1) is 18.1 Å². The predicted molar refractivity (Wildman–Crippen MR) is 130 cm³/mol. The normalized spacial score (nSPS) is 15.6. The Bertz CT molecular complexity index is 1230. The van der Waals surface area contributed by atoms with Gasteiger partial charge >= 0.3 is 0 Å². The van der Waals surface area contributed by atoms with Crippen molar-refractivity contribution in [2.75, 3.05) is 20.2 Å². The van der Waals surface area contributed by atoms with E-state index in [4.69, 9.17) is 21.3 Å². The first-order chi connectivity index (χ1) is 15.6. The van der Waals surface area contributed by atoms with Gasteiger partial charge < -0.3 is 14.4 Å². The lowest BCUT2D eigenvalue weighted by molar-refractivity contribution is 0.168. The van der Waals surface area contributed by atoms with Crippen LogP contribution >= 0.6 is 11.6 Å². The standard InChI is InChI=1S/C26H28ClN3O2/c1-32-25-21-8-7-20(27)15-22(21)28-23-17-30(26(31)24(23)25)14-11-18-9-12-29(13-10-18)16-19-5-3-2-4-6-19/h2-8,15,17-18,31H,9-14,16H2,1H3. The molecule has 0 bridgehead atoms. The highest BCUT2D eigenvalue weighted by Crippen LogP contribution is 2.40. The Kier molecular flexibility index (Phi) is 5.94. The summed E-state index contributed by atoms with van der Waals surface area (Å²) in [5.74, 6) is 1.54. The largest absolute Gasteiger partial charge is 0.495 e. The molecule has 4 aromatic rings. The first-order valence-corrected chi connectivity index (χ1v) is 11.6. The van der Waals surface area contributed by atoms with Gasteiger partial charge in [-0.15, -0.1) is 0 Å². The van der Waals surface area contributed by atoms with Crippen molar-refractivity contribution in [2.24, 2.45) is 5.92 Å². The Morgan fingerprint density at radius 1 is 1.09 bits per heavy atom. The molecule has 166 valence electrons. The molecule has 5 rings (SSSR count). The van der Waals surface area contributed by atoms with Crippen molar-refractivity contribution in [1.29, 1.82) is 0 Å². The van der Waals surface area contributed by atoms with E-state index in [1.54, 1.807) is 7.11 Å². The van der Waals surface area contributed by atoms with E-state index in [-0.39, 0.29) is 5.88 Å². The van der Waals surface area contributed by atoms with Gasteiger partial charge in [-0.1, -0.05) is 41.9 Å². The van der Waals surface area contributed by atoms with Crippen LogP contribution in [0, 0.1) is 5.92 Å². The van der Waals surface area contributed by atoms with Gasteiger partial charge in [0.1, 0.15) is 11.1 Å². The first-order valence-electron chi connectivity index (χ1n) is 11.2. The Hall–Kier alpha value is -2.76. The molecule has 0 atom stereocenters. The molecular weight excluding hydrogens is 422 g/mol. The SMILES string of the molecule is COc1c2ccc(Cl)cc2nc2cn(CCC3CCN(Cc4ccccc4)CC3)c(O)c12. The van der Waals surface area contributed by atoms with Crippen molar-refractivity contribution in [3.05, 3.63) is 65.3 Å². The maximum absolute atomic E-state index is 11.0. The fourth-order valence-corrected chi connectivity index (χ4v) is 5.03. The molecule has 3 heterocycles. The highest BCUT2D eigenvalue weighted by atomic mass is 35.5. The summed E-state index contributed by atoms with van der Waals surface area (Å²) in [6, 6.07) is 16.2. The minimum absolute atomic E-state index is 0.225. The Morgan fingerprint density at radius 3 is 2.62 bits per heavy atom. The topological polar surface area (TPSA) is 50.5 Å². The second kappa shape index (κ2) is 9.00. The highest BCUT2D eigenvalue weighted by molar-refractivity contribution is 6.31. The number of hydrogen-bond acceptors (Lipinski definition) is 4. The molecule has 2 aromatic heterocycles. The van der Waals surface area contributed by atoms with E-state index in [1.165, 1.54) is 18.4 Å². The van der Waals surface area contributed by atoms with E-state index in [9.17, 15) is 5.11 Å². The average Bonchev–Trinajstić information content (AvgIpc) is 3.12. The van der Waals surface area contributed by atoms with Crippen LogP contribution in [0.2, 0.25) is 5.02 Å². The van der Waals surface area contributed by atoms with Crippen molar-refractivity contribution in [1.82, 2.24) is 14.5 Å². The molecule has 1 saturated heterocycles. The molecule has 5 nitrogen and oxygen atoms in total. The molecule has 0 spiro atoms. The monoisotopic (exact) mass is 449 g/mol. The number of methoxy groups -OCH3 is 1. The molecule has 1 aliphatic heterocycles. The van der Waals surface area contributed by atoms with Gasteiger partial charge in [0.25, 0.3) is 0 Å². The van der Waals surface area contributed by atoms with E-state index < -0.39 is 0 Å². The van der Waals surface area contributed by atoms with Gasteiger partial charge in [0, 0.05) is 29.7 Å². The van der Waals surface area contributed by atoms with Crippen LogP contribution in [0.15, 0.2) is 54.7 Å². The van der Waals surface area contributed by atoms with Crippen LogP contribution in [0.5, 0.6) is 11.6 Å². The number of aromatic hydroxyl groups is 1. The number of fused-ring (bicyclic) bond motifs is 2. The number of rotatable bonds is 6. The molecule has 1 fully saturated rings. The zero-order valence-electron chi connectivity index (χ0n) is 18.3. The summed E-state index contributed by atoms with van der Waals surface area (Å²) < 4.78 is 7.58. The van der Waals surface area contributed by atoms with Crippen molar-refractivity contribution >= 4 is 33.4 Å². The van der Waals surface area contributed by atoms with Crippen LogP contribution < -0.4 is 4.74 Å². The molecule has 1 N–H and O–H groups in total. The summed E-state index contributed by atoms with van der Waals surface area (Å²) >= 11 is 6.15. The summed E-state index contributed by atoms with van der Waals surface area (Å²) in [5.41, 5.74) is 2.88. The maximum Gasteiger partial charge on any atom is 0.204 e. The number of nitrogens with zero attached hydrogens (tertiary/aromatic N) is 3. The molecular formula is C26H28ClN3O2. The molecule has 0 saturated carbocycles. The summed E-state index contributed by atoms with van der Waals surface area (Å²) in [7, 11) is 1.63. The van der Waals surface area contributed by atoms with Crippen LogP contribution in [0.1, 0.15) is 24.8 Å². The molecule has 0 unspecified atom stereocenters. The zero-order valence-corrected chi connectivity index (χ0v) is 19.1. The second-order valence-corrected chi connectivity index (χ2v) is 9.14. The van der Waals surface area contributed by atoms with Gasteiger partial charge in [-0.2, -0.15) is 0 Å². The summed E-state index contributed by atoms with van der Waals surface area (Å²) in [6.45, 7) is 4.05. The van der Waals surface area contributed by atoms with Crippen LogP contribution in [0.4, 0.5) is 0 Å². The van der Waals surface area contributed by atoms with Crippen molar-refractivity contribution in [3.8, 4) is 11.6 Å². The highest BCUT2D eigenvalue weighted by Gasteiger charge is 2.21. The Morgan fingerprint density at radius 2 is 1.88 bits per heavy atom. The number of pyridine rings is 1. The van der Waals surface area contributed by atoms with E-state index in [2.05, 4.69) is 35.2 Å². The van der Waals surface area contributed by atoms with Crippen LogP contribution in [-0.4, -0.2) is 39.8 Å². The fourth-order valence-electron chi connectivity index (χ4n) is 4.87. The lowest BCUT2D eigenvalue weighted by atomic mass is 9.93. The third-order valence-corrected chi connectivity index (χ3v) is 6.88. The molecule has 2 aromatic carbocycles. The van der Waals surface area contributed by atoms with Crippen molar-refractivity contribution in [2.45, 2.75) is 32.4 Å². The molecule has 32 heavy (non-hydrogen) atoms. The van der Waals surface area contributed by atoms with Gasteiger partial charge in [-0.3, -0.25) is 4.90 Å². The minimum atomic E-state index is 0.225. The molecule has 0 aliphatic carbocycles. The molecule has 0 amide bonds. The van der Waals surface area contributed by atoms with E-state index in [1.807, 2.05) is 29.0 Å². The molecule has 0 radical (unpaired) electrons. The van der Waals surface area contributed by atoms with Crippen LogP contribution in [-0.2, 0) is 13.1 Å². The van der Waals surface area contributed by atoms with Gasteiger partial charge in [0.2, 0.25) is 5.88 Å². The predicted octanol–water partition coefficient (Wildman–Crippen LogP) is 5.86. The number of aromatic nitrogens is 2. The van der Waals surface area contributed by atoms with E-state index in [0.29, 0.717) is 22.1 Å². The summed E-state index contributed by atoms with van der Waals surface area (Å²) in [4.78, 5) is 7.26. The van der Waals surface area contributed by atoms with E-state index in [0.717, 1.165) is 49.0 Å².